The van der Waals surface area contributed by atoms with Gasteiger partial charge in [-0.05, 0) is 60.3 Å². The summed E-state index contributed by atoms with van der Waals surface area (Å²) in [6.07, 6.45) is 1.56. The Hall–Kier alpha value is -1.66. The average molecular weight is 410 g/mol. The normalized spacial score (nSPS) is 16.6. The van der Waals surface area contributed by atoms with Gasteiger partial charge in [0.25, 0.3) is 5.91 Å². The molecule has 1 aromatic carbocycles. The van der Waals surface area contributed by atoms with Crippen LogP contribution in [0.25, 0.3) is 0 Å². The van der Waals surface area contributed by atoms with Crippen molar-refractivity contribution in [2.45, 2.75) is 32.1 Å². The van der Waals surface area contributed by atoms with Crippen molar-refractivity contribution in [2.75, 3.05) is 19.8 Å². The zero-order chi connectivity index (χ0) is 18.0. The Bertz CT molecular complexity index is 764. The molecule has 2 heterocycles. The van der Waals surface area contributed by atoms with Crippen molar-refractivity contribution >= 4 is 21.8 Å². The lowest BCUT2D eigenvalue weighted by molar-refractivity contribution is 0.0486. The first-order chi connectivity index (χ1) is 11.9. The number of halogens is 2. The largest absolute Gasteiger partial charge is 0.465 e. The van der Waals surface area contributed by atoms with Crippen LogP contribution < -0.4 is 5.32 Å². The highest BCUT2D eigenvalue weighted by molar-refractivity contribution is 9.10. The van der Waals surface area contributed by atoms with Gasteiger partial charge in [-0.1, -0.05) is 12.1 Å². The van der Waals surface area contributed by atoms with Crippen LogP contribution in [0.2, 0.25) is 0 Å². The topological polar surface area (TPSA) is 51.5 Å². The van der Waals surface area contributed by atoms with Gasteiger partial charge in [0.2, 0.25) is 0 Å². The van der Waals surface area contributed by atoms with Gasteiger partial charge < -0.3 is 14.5 Å². The van der Waals surface area contributed by atoms with Crippen LogP contribution in [0, 0.1) is 19.7 Å². The van der Waals surface area contributed by atoms with Crippen LogP contribution in [-0.4, -0.2) is 25.7 Å². The van der Waals surface area contributed by atoms with Gasteiger partial charge in [-0.15, -0.1) is 0 Å². The Balaban J connectivity index is 1.81. The Labute approximate surface area is 154 Å². The van der Waals surface area contributed by atoms with Crippen LogP contribution in [0.15, 0.2) is 33.2 Å². The first kappa shape index (κ1) is 18.1. The Kier molecular flexibility index (Phi) is 5.29. The molecule has 1 aliphatic heterocycles. The first-order valence-electron chi connectivity index (χ1n) is 8.30. The minimum Gasteiger partial charge on any atom is -0.465 e. The number of rotatable bonds is 4. The van der Waals surface area contributed by atoms with Crippen LogP contribution in [-0.2, 0) is 10.2 Å². The van der Waals surface area contributed by atoms with Gasteiger partial charge >= 0.3 is 0 Å². The molecular formula is C19H21BrFNO3. The van der Waals surface area contributed by atoms with Crippen molar-refractivity contribution in [3.63, 3.8) is 0 Å². The van der Waals surface area contributed by atoms with Crippen LogP contribution in [0.5, 0.6) is 0 Å². The third-order valence-electron chi connectivity index (χ3n) is 4.91. The molecule has 1 fully saturated rings. The third-order valence-corrected chi connectivity index (χ3v) is 5.86. The number of hydrogen-bond donors (Lipinski definition) is 1. The van der Waals surface area contributed by atoms with Gasteiger partial charge in [0.15, 0.2) is 0 Å². The van der Waals surface area contributed by atoms with Gasteiger partial charge in [0.1, 0.15) is 17.3 Å². The second-order valence-electron chi connectivity index (χ2n) is 6.49. The van der Waals surface area contributed by atoms with Crippen molar-refractivity contribution < 1.29 is 18.3 Å². The van der Waals surface area contributed by atoms with E-state index in [0.29, 0.717) is 41.3 Å². The Morgan fingerprint density at radius 1 is 1.20 bits per heavy atom. The number of hydrogen-bond acceptors (Lipinski definition) is 3. The van der Waals surface area contributed by atoms with Crippen LogP contribution in [0.1, 0.15) is 40.3 Å². The lowest BCUT2D eigenvalue weighted by Gasteiger charge is -2.38. The highest BCUT2D eigenvalue weighted by Crippen LogP contribution is 2.35. The number of furan rings is 1. The summed E-state index contributed by atoms with van der Waals surface area (Å²) in [6, 6.07) is 6.54. The van der Waals surface area contributed by atoms with Crippen molar-refractivity contribution in [2.24, 2.45) is 0 Å². The van der Waals surface area contributed by atoms with Crippen LogP contribution in [0.4, 0.5) is 4.39 Å². The fourth-order valence-electron chi connectivity index (χ4n) is 3.39. The summed E-state index contributed by atoms with van der Waals surface area (Å²) in [6.45, 7) is 5.31. The van der Waals surface area contributed by atoms with Crippen molar-refractivity contribution in [3.8, 4) is 0 Å². The molecule has 6 heteroatoms. The quantitative estimate of drug-likeness (QED) is 0.819. The molecular weight excluding hydrogens is 389 g/mol. The van der Waals surface area contributed by atoms with Gasteiger partial charge in [0.05, 0.1) is 10.0 Å². The van der Waals surface area contributed by atoms with E-state index in [9.17, 15) is 9.18 Å². The number of nitrogens with one attached hydrogen (secondary N) is 1. The molecule has 1 aromatic heterocycles. The summed E-state index contributed by atoms with van der Waals surface area (Å²) in [5, 5.41) is 3.04. The summed E-state index contributed by atoms with van der Waals surface area (Å²) >= 11 is 3.42. The fourth-order valence-corrected chi connectivity index (χ4v) is 3.93. The van der Waals surface area contributed by atoms with E-state index >= 15 is 0 Å². The van der Waals surface area contributed by atoms with Gasteiger partial charge in [-0.2, -0.15) is 0 Å². The van der Waals surface area contributed by atoms with Gasteiger partial charge in [0, 0.05) is 25.2 Å². The van der Waals surface area contributed by atoms with E-state index < -0.39 is 0 Å². The molecule has 0 spiro atoms. The molecule has 0 radical (unpaired) electrons. The minimum atomic E-state index is -0.261. The monoisotopic (exact) mass is 409 g/mol. The molecule has 0 atom stereocenters. The number of benzene rings is 1. The van der Waals surface area contributed by atoms with Crippen LogP contribution in [0.3, 0.4) is 0 Å². The number of ether oxygens (including phenoxy) is 1. The maximum atomic E-state index is 13.3. The number of aryl methyl sites for hydroxylation is 2. The average Bonchev–Trinajstić information content (AvgIpc) is 2.86. The third kappa shape index (κ3) is 3.65. The second kappa shape index (κ2) is 7.30. The summed E-state index contributed by atoms with van der Waals surface area (Å²) in [5.41, 5.74) is 1.30. The van der Waals surface area contributed by atoms with Gasteiger partial charge in [-0.3, -0.25) is 4.79 Å². The van der Waals surface area contributed by atoms with Crippen molar-refractivity contribution in [1.29, 1.82) is 0 Å². The standard InChI is InChI=1S/C19H21BrFNO3/c1-12-16(17(20)13(2)25-12)18(23)22-11-19(7-9-24-10-8-19)14-3-5-15(21)6-4-14/h3-6H,7-11H2,1-2H3,(H,22,23). The minimum absolute atomic E-state index is 0.172. The first-order valence-corrected chi connectivity index (χ1v) is 9.10. The molecule has 0 bridgehead atoms. The highest BCUT2D eigenvalue weighted by Gasteiger charge is 2.35. The van der Waals surface area contributed by atoms with Gasteiger partial charge in [-0.25, -0.2) is 4.39 Å². The lowest BCUT2D eigenvalue weighted by Crippen LogP contribution is -2.44. The molecule has 1 saturated heterocycles. The summed E-state index contributed by atoms with van der Waals surface area (Å²) in [4.78, 5) is 12.7. The molecule has 25 heavy (non-hydrogen) atoms. The van der Waals surface area contributed by atoms with E-state index in [1.807, 2.05) is 6.92 Å². The van der Waals surface area contributed by atoms with E-state index in [1.54, 1.807) is 19.1 Å². The second-order valence-corrected chi connectivity index (χ2v) is 7.28. The Morgan fingerprint density at radius 3 is 2.40 bits per heavy atom. The summed E-state index contributed by atoms with van der Waals surface area (Å²) in [5.74, 6) is 0.837. The zero-order valence-electron chi connectivity index (χ0n) is 14.3. The molecule has 0 unspecified atom stereocenters. The van der Waals surface area contributed by atoms with Crippen LogP contribution >= 0.6 is 15.9 Å². The van der Waals surface area contributed by atoms with E-state index in [0.717, 1.165) is 18.4 Å². The van der Waals surface area contributed by atoms with E-state index in [1.165, 1.54) is 12.1 Å². The number of carbonyl (C=O) groups excluding carboxylic acids is 1. The lowest BCUT2D eigenvalue weighted by atomic mass is 9.74. The Morgan fingerprint density at radius 2 is 1.84 bits per heavy atom. The maximum absolute atomic E-state index is 13.3. The van der Waals surface area contributed by atoms with E-state index in [4.69, 9.17) is 9.15 Å². The number of carbonyl (C=O) groups is 1. The molecule has 1 N–H and O–H groups in total. The molecule has 3 rings (SSSR count). The molecule has 4 nitrogen and oxygen atoms in total. The maximum Gasteiger partial charge on any atom is 0.256 e. The predicted molar refractivity (Wildman–Crippen MR) is 96.3 cm³/mol. The smallest absolute Gasteiger partial charge is 0.256 e. The van der Waals surface area contributed by atoms with Crippen molar-refractivity contribution in [1.82, 2.24) is 5.32 Å². The fraction of sp³-hybridized carbons (Fsp3) is 0.421. The van der Waals surface area contributed by atoms with E-state index in [2.05, 4.69) is 21.2 Å². The summed E-state index contributed by atoms with van der Waals surface area (Å²) in [7, 11) is 0. The SMILES string of the molecule is Cc1oc(C)c(C(=O)NCC2(c3ccc(F)cc3)CCOCC2)c1Br. The zero-order valence-corrected chi connectivity index (χ0v) is 15.9. The molecule has 1 aliphatic rings. The van der Waals surface area contributed by atoms with Crippen molar-refractivity contribution in [3.05, 3.63) is 57.2 Å². The molecule has 2 aromatic rings. The summed E-state index contributed by atoms with van der Waals surface area (Å²) < 4.78 is 25.0. The molecule has 1 amide bonds. The van der Waals surface area contributed by atoms with E-state index in [-0.39, 0.29) is 17.1 Å². The number of amides is 1. The molecule has 134 valence electrons. The molecule has 0 aliphatic carbocycles. The highest BCUT2D eigenvalue weighted by atomic mass is 79.9. The predicted octanol–water partition coefficient (Wildman–Crippen LogP) is 4.28. The molecule has 0 saturated carbocycles.